The summed E-state index contributed by atoms with van der Waals surface area (Å²) in [6.45, 7) is 5.77. The summed E-state index contributed by atoms with van der Waals surface area (Å²) in [5.74, 6) is 1.80. The Morgan fingerprint density at radius 1 is 1.04 bits per heavy atom. The molecule has 144 valence electrons. The number of carbonyl (C=O) groups excluding carboxylic acids is 1. The molecule has 0 spiro atoms. The molecule has 0 saturated carbocycles. The highest BCUT2D eigenvalue weighted by Gasteiger charge is 2.08. The molecule has 27 heavy (non-hydrogen) atoms. The molecule has 0 aliphatic heterocycles. The van der Waals surface area contributed by atoms with Crippen molar-refractivity contribution in [3.8, 4) is 17.2 Å². The normalized spacial score (nSPS) is 11.3. The molecule has 1 N–H and O–H groups in total. The number of amides is 1. The molecule has 0 heterocycles. The largest absolute Gasteiger partial charge is 0.493 e. The van der Waals surface area contributed by atoms with Crippen LogP contribution in [0.5, 0.6) is 17.2 Å². The molecule has 0 fully saturated rings. The number of nitrogens with zero attached hydrogens (tertiary/aromatic N) is 1. The number of methoxy groups -OCH3 is 2. The highest BCUT2D eigenvalue weighted by molar-refractivity contribution is 5.95. The van der Waals surface area contributed by atoms with Crippen molar-refractivity contribution in [3.63, 3.8) is 0 Å². The van der Waals surface area contributed by atoms with Crippen molar-refractivity contribution in [1.29, 1.82) is 0 Å². The number of rotatable bonds is 8. The van der Waals surface area contributed by atoms with Crippen LogP contribution in [0.4, 0.5) is 0 Å². The first-order valence-electron chi connectivity index (χ1n) is 8.74. The molecule has 0 unspecified atom stereocenters. The maximum absolute atomic E-state index is 12.2. The van der Waals surface area contributed by atoms with Gasteiger partial charge in [-0.25, -0.2) is 5.43 Å². The number of carbonyl (C=O) groups is 1. The third kappa shape index (κ3) is 6.02. The fourth-order valence-electron chi connectivity index (χ4n) is 2.49. The van der Waals surface area contributed by atoms with Crippen LogP contribution >= 0.6 is 0 Å². The van der Waals surface area contributed by atoms with Crippen LogP contribution in [0.1, 0.15) is 36.7 Å². The smallest absolute Gasteiger partial charge is 0.271 e. The van der Waals surface area contributed by atoms with Crippen molar-refractivity contribution in [1.82, 2.24) is 5.43 Å². The van der Waals surface area contributed by atoms with E-state index in [1.165, 1.54) is 0 Å². The molecule has 0 radical (unpaired) electrons. The van der Waals surface area contributed by atoms with Crippen molar-refractivity contribution in [2.24, 2.45) is 5.10 Å². The zero-order chi connectivity index (χ0) is 19.8. The van der Waals surface area contributed by atoms with E-state index in [9.17, 15) is 4.79 Å². The number of hydrazone groups is 1. The van der Waals surface area contributed by atoms with Gasteiger partial charge in [-0.05, 0) is 62.7 Å². The topological polar surface area (TPSA) is 69.2 Å². The summed E-state index contributed by atoms with van der Waals surface area (Å²) in [5, 5.41) is 4.18. The highest BCUT2D eigenvalue weighted by Crippen LogP contribution is 2.27. The standard InChI is InChI=1S/C21H26N2O4/c1-14(2)27-18-9-7-17(8-10-18)21(24)23-22-15(3)12-16-6-11-19(25-4)20(13-16)26-5/h6-11,13-14H,12H2,1-5H3,(H,23,24)/b22-15-. The number of hydrogen-bond donors (Lipinski definition) is 1. The van der Waals surface area contributed by atoms with E-state index in [0.717, 1.165) is 17.0 Å². The van der Waals surface area contributed by atoms with E-state index in [-0.39, 0.29) is 12.0 Å². The molecule has 6 heteroatoms. The molecule has 2 aromatic carbocycles. The average Bonchev–Trinajstić information content (AvgIpc) is 2.66. The van der Waals surface area contributed by atoms with Gasteiger partial charge < -0.3 is 14.2 Å². The van der Waals surface area contributed by atoms with E-state index >= 15 is 0 Å². The zero-order valence-electron chi connectivity index (χ0n) is 16.4. The molecular formula is C21H26N2O4. The second kappa shape index (κ2) is 9.62. The van der Waals surface area contributed by atoms with Crippen LogP contribution in [0, 0.1) is 0 Å². The van der Waals surface area contributed by atoms with Crippen LogP contribution in [-0.4, -0.2) is 31.9 Å². The zero-order valence-corrected chi connectivity index (χ0v) is 16.4. The van der Waals surface area contributed by atoms with Gasteiger partial charge in [0.1, 0.15) is 5.75 Å². The van der Waals surface area contributed by atoms with Gasteiger partial charge in [-0.1, -0.05) is 6.07 Å². The van der Waals surface area contributed by atoms with Gasteiger partial charge in [-0.15, -0.1) is 0 Å². The van der Waals surface area contributed by atoms with Gasteiger partial charge in [0, 0.05) is 17.7 Å². The van der Waals surface area contributed by atoms with Crippen LogP contribution in [0.2, 0.25) is 0 Å². The van der Waals surface area contributed by atoms with Gasteiger partial charge in [0.25, 0.3) is 5.91 Å². The minimum atomic E-state index is -0.266. The maximum Gasteiger partial charge on any atom is 0.271 e. The van der Waals surface area contributed by atoms with Gasteiger partial charge in [-0.2, -0.15) is 5.10 Å². The van der Waals surface area contributed by atoms with Crippen LogP contribution in [0.3, 0.4) is 0 Å². The Kier molecular flexibility index (Phi) is 7.23. The molecule has 0 bridgehead atoms. The Balaban J connectivity index is 1.97. The van der Waals surface area contributed by atoms with Crippen LogP contribution < -0.4 is 19.6 Å². The lowest BCUT2D eigenvalue weighted by Crippen LogP contribution is -2.19. The number of nitrogens with one attached hydrogen (secondary N) is 1. The van der Waals surface area contributed by atoms with Crippen molar-refractivity contribution in [2.75, 3.05) is 14.2 Å². The SMILES string of the molecule is COc1ccc(C/C(C)=N\NC(=O)c2ccc(OC(C)C)cc2)cc1OC. The minimum absolute atomic E-state index is 0.0912. The maximum atomic E-state index is 12.2. The molecule has 2 aromatic rings. The fourth-order valence-corrected chi connectivity index (χ4v) is 2.49. The third-order valence-electron chi connectivity index (χ3n) is 3.74. The first-order valence-corrected chi connectivity index (χ1v) is 8.74. The summed E-state index contributed by atoms with van der Waals surface area (Å²) in [6, 6.07) is 12.7. The van der Waals surface area contributed by atoms with Crippen molar-refractivity contribution < 1.29 is 19.0 Å². The highest BCUT2D eigenvalue weighted by atomic mass is 16.5. The Labute approximate surface area is 160 Å². The first kappa shape index (κ1) is 20.3. The third-order valence-corrected chi connectivity index (χ3v) is 3.74. The minimum Gasteiger partial charge on any atom is -0.493 e. The number of ether oxygens (including phenoxy) is 3. The summed E-state index contributed by atoms with van der Waals surface area (Å²) in [7, 11) is 3.20. The lowest BCUT2D eigenvalue weighted by atomic mass is 10.1. The second-order valence-corrected chi connectivity index (χ2v) is 6.35. The molecule has 0 saturated heterocycles. The van der Waals surface area contributed by atoms with Gasteiger partial charge in [0.2, 0.25) is 0 Å². The van der Waals surface area contributed by atoms with Gasteiger partial charge in [0.05, 0.1) is 20.3 Å². The first-order chi connectivity index (χ1) is 12.9. The summed E-state index contributed by atoms with van der Waals surface area (Å²) in [5.41, 5.74) is 4.89. The molecule has 0 atom stereocenters. The average molecular weight is 370 g/mol. The Morgan fingerprint density at radius 2 is 1.70 bits per heavy atom. The van der Waals surface area contributed by atoms with Crippen molar-refractivity contribution in [2.45, 2.75) is 33.3 Å². The summed E-state index contributed by atoms with van der Waals surface area (Å²) in [4.78, 5) is 12.2. The monoisotopic (exact) mass is 370 g/mol. The summed E-state index contributed by atoms with van der Waals surface area (Å²) < 4.78 is 16.1. The van der Waals surface area contributed by atoms with E-state index < -0.39 is 0 Å². The van der Waals surface area contributed by atoms with Gasteiger partial charge in [0.15, 0.2) is 11.5 Å². The Bertz CT molecular complexity index is 798. The fraction of sp³-hybridized carbons (Fsp3) is 0.333. The Morgan fingerprint density at radius 3 is 2.30 bits per heavy atom. The van der Waals surface area contributed by atoms with E-state index in [0.29, 0.717) is 23.5 Å². The number of benzene rings is 2. The Hall–Kier alpha value is -3.02. The predicted molar refractivity (Wildman–Crippen MR) is 106 cm³/mol. The molecular weight excluding hydrogens is 344 g/mol. The molecule has 0 aliphatic carbocycles. The van der Waals surface area contributed by atoms with Crippen LogP contribution in [-0.2, 0) is 6.42 Å². The summed E-state index contributed by atoms with van der Waals surface area (Å²) >= 11 is 0. The molecule has 1 amide bonds. The van der Waals surface area contributed by atoms with Gasteiger partial charge >= 0.3 is 0 Å². The lowest BCUT2D eigenvalue weighted by Gasteiger charge is -2.10. The molecule has 0 aliphatic rings. The molecule has 0 aromatic heterocycles. The van der Waals surface area contributed by atoms with E-state index in [1.807, 2.05) is 39.0 Å². The predicted octanol–water partition coefficient (Wildman–Crippen LogP) is 3.84. The van der Waals surface area contributed by atoms with Crippen molar-refractivity contribution in [3.05, 3.63) is 53.6 Å². The molecule has 2 rings (SSSR count). The van der Waals surface area contributed by atoms with E-state index in [2.05, 4.69) is 10.5 Å². The molecule has 6 nitrogen and oxygen atoms in total. The van der Waals surface area contributed by atoms with Crippen LogP contribution in [0.15, 0.2) is 47.6 Å². The summed E-state index contributed by atoms with van der Waals surface area (Å²) in [6.07, 6.45) is 0.676. The lowest BCUT2D eigenvalue weighted by molar-refractivity contribution is 0.0954. The second-order valence-electron chi connectivity index (χ2n) is 6.35. The van der Waals surface area contributed by atoms with Gasteiger partial charge in [-0.3, -0.25) is 4.79 Å². The van der Waals surface area contributed by atoms with E-state index in [1.54, 1.807) is 38.5 Å². The number of hydrogen-bond acceptors (Lipinski definition) is 5. The van der Waals surface area contributed by atoms with Crippen LogP contribution in [0.25, 0.3) is 0 Å². The van der Waals surface area contributed by atoms with Crippen molar-refractivity contribution >= 4 is 11.6 Å². The van der Waals surface area contributed by atoms with E-state index in [4.69, 9.17) is 14.2 Å². The quantitative estimate of drug-likeness (QED) is 0.566.